The molecular formula is C24H26N4OS2. The van der Waals surface area contributed by atoms with Crippen molar-refractivity contribution in [2.45, 2.75) is 44.2 Å². The molecule has 0 bridgehead atoms. The smallest absolute Gasteiger partial charge is 0.191 e. The molecule has 7 heteroatoms. The third-order valence-electron chi connectivity index (χ3n) is 5.08. The van der Waals surface area contributed by atoms with Crippen LogP contribution in [0, 0.1) is 6.92 Å². The van der Waals surface area contributed by atoms with Crippen LogP contribution in [0.2, 0.25) is 0 Å². The number of aryl methyl sites for hydroxylation is 2. The third kappa shape index (κ3) is 5.17. The summed E-state index contributed by atoms with van der Waals surface area (Å²) in [4.78, 5) is 4.78. The number of ether oxygens (including phenoxy) is 1. The number of hydrogen-bond acceptors (Lipinski definition) is 6. The van der Waals surface area contributed by atoms with Crippen LogP contribution in [0.4, 0.5) is 0 Å². The highest BCUT2D eigenvalue weighted by atomic mass is 32.2. The predicted octanol–water partition coefficient (Wildman–Crippen LogP) is 6.24. The van der Waals surface area contributed by atoms with Crippen molar-refractivity contribution in [3.63, 3.8) is 0 Å². The third-order valence-corrected chi connectivity index (χ3v) is 7.07. The van der Waals surface area contributed by atoms with E-state index in [9.17, 15) is 0 Å². The fraction of sp³-hybridized carbons (Fsp3) is 0.292. The Morgan fingerprint density at radius 3 is 2.52 bits per heavy atom. The minimum Gasteiger partial charge on any atom is -0.483 e. The van der Waals surface area contributed by atoms with E-state index in [2.05, 4.69) is 65.8 Å². The minimum absolute atomic E-state index is 0.188. The Bertz CT molecular complexity index is 1130. The molecule has 5 nitrogen and oxygen atoms in total. The van der Waals surface area contributed by atoms with E-state index in [1.807, 2.05) is 30.7 Å². The molecule has 0 aliphatic carbocycles. The van der Waals surface area contributed by atoms with Crippen molar-refractivity contribution >= 4 is 23.1 Å². The van der Waals surface area contributed by atoms with Gasteiger partial charge in [-0.2, -0.15) is 0 Å². The van der Waals surface area contributed by atoms with Crippen LogP contribution < -0.4 is 4.74 Å². The molecule has 0 fully saturated rings. The van der Waals surface area contributed by atoms with Crippen molar-refractivity contribution in [2.75, 3.05) is 0 Å². The van der Waals surface area contributed by atoms with Gasteiger partial charge in [0.05, 0.1) is 5.69 Å². The first kappa shape index (κ1) is 21.6. The van der Waals surface area contributed by atoms with E-state index in [1.54, 1.807) is 23.1 Å². The molecule has 1 unspecified atom stereocenters. The Labute approximate surface area is 191 Å². The van der Waals surface area contributed by atoms with E-state index in [1.165, 1.54) is 11.1 Å². The maximum absolute atomic E-state index is 6.07. The van der Waals surface area contributed by atoms with E-state index >= 15 is 0 Å². The summed E-state index contributed by atoms with van der Waals surface area (Å²) >= 11 is 3.31. The second kappa shape index (κ2) is 9.66. The van der Waals surface area contributed by atoms with Crippen molar-refractivity contribution in [1.29, 1.82) is 0 Å². The second-order valence-corrected chi connectivity index (χ2v) is 9.26. The Kier molecular flexibility index (Phi) is 6.73. The summed E-state index contributed by atoms with van der Waals surface area (Å²) in [5.41, 5.74) is 4.76. The molecule has 4 rings (SSSR count). The van der Waals surface area contributed by atoms with Gasteiger partial charge in [-0.15, -0.1) is 21.5 Å². The molecule has 160 valence electrons. The van der Waals surface area contributed by atoms with Crippen molar-refractivity contribution in [3.05, 3.63) is 76.6 Å². The normalized spacial score (nSPS) is 12.1. The molecule has 0 aliphatic rings. The zero-order valence-corrected chi connectivity index (χ0v) is 19.8. The summed E-state index contributed by atoms with van der Waals surface area (Å²) in [6.45, 7) is 6.24. The molecule has 0 amide bonds. The van der Waals surface area contributed by atoms with Crippen molar-refractivity contribution < 1.29 is 4.74 Å². The van der Waals surface area contributed by atoms with E-state index < -0.39 is 0 Å². The summed E-state index contributed by atoms with van der Waals surface area (Å²) in [5.74, 6) is 2.40. The lowest BCUT2D eigenvalue weighted by atomic mass is 10.2. The lowest BCUT2D eigenvalue weighted by Gasteiger charge is -2.14. The highest BCUT2D eigenvalue weighted by molar-refractivity contribution is 7.98. The summed E-state index contributed by atoms with van der Waals surface area (Å²) in [6, 6.07) is 16.7. The fourth-order valence-corrected chi connectivity index (χ4v) is 4.95. The number of benzene rings is 2. The van der Waals surface area contributed by atoms with Crippen LogP contribution in [-0.2, 0) is 19.2 Å². The summed E-state index contributed by atoms with van der Waals surface area (Å²) in [5, 5.41) is 12.8. The van der Waals surface area contributed by atoms with Crippen LogP contribution in [0.1, 0.15) is 42.6 Å². The molecule has 0 radical (unpaired) electrons. The van der Waals surface area contributed by atoms with Crippen LogP contribution >= 0.6 is 23.1 Å². The minimum atomic E-state index is -0.188. The quantitative estimate of drug-likeness (QED) is 0.297. The second-order valence-electron chi connectivity index (χ2n) is 7.46. The topological polar surface area (TPSA) is 52.8 Å². The van der Waals surface area contributed by atoms with Gasteiger partial charge < -0.3 is 9.30 Å². The molecule has 2 aromatic carbocycles. The number of thiazole rings is 1. The average Bonchev–Trinajstić information content (AvgIpc) is 3.40. The van der Waals surface area contributed by atoms with E-state index in [0.717, 1.165) is 45.2 Å². The van der Waals surface area contributed by atoms with Gasteiger partial charge >= 0.3 is 0 Å². The summed E-state index contributed by atoms with van der Waals surface area (Å²) in [7, 11) is 1.98. The Hall–Kier alpha value is -2.64. The van der Waals surface area contributed by atoms with Gasteiger partial charge in [-0.25, -0.2) is 4.98 Å². The van der Waals surface area contributed by atoms with Crippen LogP contribution in [0.15, 0.2) is 59.1 Å². The molecule has 0 N–H and O–H groups in total. The first-order chi connectivity index (χ1) is 15.0. The lowest BCUT2D eigenvalue weighted by Crippen LogP contribution is -2.10. The first-order valence-corrected chi connectivity index (χ1v) is 12.2. The van der Waals surface area contributed by atoms with Crippen LogP contribution in [-0.4, -0.2) is 19.7 Å². The fourth-order valence-electron chi connectivity index (χ4n) is 3.21. The van der Waals surface area contributed by atoms with Gasteiger partial charge in [-0.3, -0.25) is 0 Å². The standard InChI is InChI=1S/C24H26N4OS2/c1-5-18-8-12-21(13-9-18)29-17(3)22-26-27-24(28(22)4)31-15-20-14-30-23(25-20)19-10-6-16(2)7-11-19/h6-14,17H,5,15H2,1-4H3. The number of nitrogens with zero attached hydrogens (tertiary/aromatic N) is 4. The summed E-state index contributed by atoms with van der Waals surface area (Å²) < 4.78 is 8.08. The number of thioether (sulfide) groups is 1. The van der Waals surface area contributed by atoms with Crippen LogP contribution in [0.3, 0.4) is 0 Å². The van der Waals surface area contributed by atoms with E-state index in [-0.39, 0.29) is 6.10 Å². The van der Waals surface area contributed by atoms with Crippen molar-refractivity contribution in [3.8, 4) is 16.3 Å². The molecular weight excluding hydrogens is 424 g/mol. The van der Waals surface area contributed by atoms with Crippen molar-refractivity contribution in [1.82, 2.24) is 19.7 Å². The maximum atomic E-state index is 6.07. The molecule has 0 aliphatic heterocycles. The highest BCUT2D eigenvalue weighted by Crippen LogP contribution is 2.29. The molecule has 31 heavy (non-hydrogen) atoms. The van der Waals surface area contributed by atoms with Gasteiger partial charge in [0.1, 0.15) is 10.8 Å². The van der Waals surface area contributed by atoms with Gasteiger partial charge in [-0.1, -0.05) is 60.6 Å². The lowest BCUT2D eigenvalue weighted by molar-refractivity contribution is 0.211. The van der Waals surface area contributed by atoms with Crippen molar-refractivity contribution in [2.24, 2.45) is 7.05 Å². The van der Waals surface area contributed by atoms with E-state index in [4.69, 9.17) is 9.72 Å². The number of aromatic nitrogens is 4. The van der Waals surface area contributed by atoms with Crippen LogP contribution in [0.5, 0.6) is 5.75 Å². The summed E-state index contributed by atoms with van der Waals surface area (Å²) in [6.07, 6.45) is 0.831. The van der Waals surface area contributed by atoms with E-state index in [0.29, 0.717) is 0 Å². The Morgan fingerprint density at radius 1 is 1.06 bits per heavy atom. The zero-order valence-electron chi connectivity index (χ0n) is 18.2. The van der Waals surface area contributed by atoms with Gasteiger partial charge in [0.15, 0.2) is 17.1 Å². The zero-order chi connectivity index (χ0) is 21.8. The van der Waals surface area contributed by atoms with Gasteiger partial charge in [0, 0.05) is 23.7 Å². The first-order valence-electron chi connectivity index (χ1n) is 10.3. The molecule has 0 saturated carbocycles. The number of hydrogen-bond donors (Lipinski definition) is 0. The largest absolute Gasteiger partial charge is 0.483 e. The average molecular weight is 451 g/mol. The highest BCUT2D eigenvalue weighted by Gasteiger charge is 2.18. The molecule has 0 saturated heterocycles. The molecule has 1 atom stereocenters. The molecule has 0 spiro atoms. The molecule has 4 aromatic rings. The Morgan fingerprint density at radius 2 is 1.81 bits per heavy atom. The maximum Gasteiger partial charge on any atom is 0.191 e. The predicted molar refractivity (Wildman–Crippen MR) is 128 cm³/mol. The Balaban J connectivity index is 1.38. The molecule has 2 aromatic heterocycles. The van der Waals surface area contributed by atoms with Crippen LogP contribution in [0.25, 0.3) is 10.6 Å². The molecule has 2 heterocycles. The monoisotopic (exact) mass is 450 g/mol. The van der Waals surface area contributed by atoms with Gasteiger partial charge in [-0.05, 0) is 38.0 Å². The number of rotatable bonds is 8. The SMILES string of the molecule is CCc1ccc(OC(C)c2nnc(SCc3csc(-c4ccc(C)cc4)n3)n2C)cc1. The van der Waals surface area contributed by atoms with Gasteiger partial charge in [0.2, 0.25) is 0 Å². The van der Waals surface area contributed by atoms with Gasteiger partial charge in [0.25, 0.3) is 0 Å².